The highest BCUT2D eigenvalue weighted by molar-refractivity contribution is 7.89. The zero-order chi connectivity index (χ0) is 23.8. The maximum atomic E-state index is 13.5. The van der Waals surface area contributed by atoms with Crippen LogP contribution >= 0.6 is 11.6 Å². The van der Waals surface area contributed by atoms with Crippen molar-refractivity contribution in [2.45, 2.75) is 13.3 Å². The molecule has 1 atom stereocenters. The molecule has 4 aromatic rings. The van der Waals surface area contributed by atoms with E-state index in [1.54, 1.807) is 48.0 Å². The number of benzene rings is 3. The molecule has 33 heavy (non-hydrogen) atoms. The minimum absolute atomic E-state index is 0.0317. The number of carbonyl (C=O) groups excluding carboxylic acids is 1. The van der Waals surface area contributed by atoms with Crippen molar-refractivity contribution in [2.24, 2.45) is 11.1 Å². The number of halogens is 2. The fourth-order valence-electron chi connectivity index (χ4n) is 3.81. The Bertz CT molecular complexity index is 1450. The van der Waals surface area contributed by atoms with Gasteiger partial charge < -0.3 is 0 Å². The second-order valence-corrected chi connectivity index (χ2v) is 10.1. The highest BCUT2D eigenvalue weighted by Crippen LogP contribution is 2.34. The van der Waals surface area contributed by atoms with Crippen molar-refractivity contribution in [1.29, 1.82) is 0 Å². The van der Waals surface area contributed by atoms with Crippen LogP contribution in [-0.4, -0.2) is 29.7 Å². The van der Waals surface area contributed by atoms with Crippen LogP contribution in [-0.2, 0) is 10.0 Å². The second kappa shape index (κ2) is 9.05. The second-order valence-electron chi connectivity index (χ2n) is 8.01. The van der Waals surface area contributed by atoms with Gasteiger partial charge in [0.15, 0.2) is 5.78 Å². The van der Waals surface area contributed by atoms with Gasteiger partial charge in [-0.25, -0.2) is 22.6 Å². The lowest BCUT2D eigenvalue weighted by molar-refractivity contribution is 0.0968. The molecule has 0 fully saturated rings. The number of carbonyl (C=O) groups is 1. The first-order chi connectivity index (χ1) is 15.6. The van der Waals surface area contributed by atoms with Crippen LogP contribution < -0.4 is 5.14 Å². The first kappa shape index (κ1) is 23.1. The van der Waals surface area contributed by atoms with E-state index in [1.165, 1.54) is 12.1 Å². The van der Waals surface area contributed by atoms with Gasteiger partial charge in [0, 0.05) is 22.9 Å². The Hall–Kier alpha value is -3.07. The van der Waals surface area contributed by atoms with Crippen molar-refractivity contribution in [3.8, 4) is 16.9 Å². The Morgan fingerprint density at radius 2 is 1.82 bits per heavy atom. The van der Waals surface area contributed by atoms with Crippen molar-refractivity contribution in [1.82, 2.24) is 9.78 Å². The Morgan fingerprint density at radius 1 is 1.12 bits per heavy atom. The predicted octanol–water partition coefficient (Wildman–Crippen LogP) is 4.98. The first-order valence-electron chi connectivity index (χ1n) is 10.2. The lowest BCUT2D eigenvalue weighted by Crippen LogP contribution is -2.23. The summed E-state index contributed by atoms with van der Waals surface area (Å²) in [6.07, 6.45) is 0.0317. The van der Waals surface area contributed by atoms with Gasteiger partial charge >= 0.3 is 0 Å². The lowest BCUT2D eigenvalue weighted by Gasteiger charge is -2.09. The molecule has 0 aliphatic heterocycles. The predicted molar refractivity (Wildman–Crippen MR) is 128 cm³/mol. The summed E-state index contributed by atoms with van der Waals surface area (Å²) in [7, 11) is -3.67. The van der Waals surface area contributed by atoms with Gasteiger partial charge in [0.1, 0.15) is 11.5 Å². The average molecular weight is 486 g/mol. The highest BCUT2D eigenvalue weighted by Gasteiger charge is 2.20. The number of primary sulfonamides is 1. The van der Waals surface area contributed by atoms with E-state index in [9.17, 15) is 17.6 Å². The number of fused-ring (bicyclic) bond motifs is 1. The fourth-order valence-corrected chi connectivity index (χ4v) is 4.95. The topological polar surface area (TPSA) is 95.0 Å². The third-order valence-corrected chi connectivity index (χ3v) is 6.62. The molecule has 0 radical (unpaired) electrons. The summed E-state index contributed by atoms with van der Waals surface area (Å²) >= 11 is 6.41. The van der Waals surface area contributed by atoms with Crippen LogP contribution in [0.5, 0.6) is 0 Å². The van der Waals surface area contributed by atoms with Crippen LogP contribution in [0.4, 0.5) is 4.39 Å². The number of rotatable bonds is 7. The van der Waals surface area contributed by atoms with E-state index in [-0.39, 0.29) is 23.8 Å². The molecule has 1 heterocycles. The number of Topliss-reactive ketones (excluding diaryl/α,β-unsaturated/α-hetero) is 1. The van der Waals surface area contributed by atoms with Gasteiger partial charge in [0.25, 0.3) is 0 Å². The van der Waals surface area contributed by atoms with Crippen molar-refractivity contribution in [3.05, 3.63) is 83.1 Å². The molecule has 6 nitrogen and oxygen atoms in total. The van der Waals surface area contributed by atoms with Gasteiger partial charge in [0.05, 0.1) is 22.0 Å². The Balaban J connectivity index is 1.82. The van der Waals surface area contributed by atoms with E-state index in [0.29, 0.717) is 27.5 Å². The maximum absolute atomic E-state index is 13.5. The van der Waals surface area contributed by atoms with Crippen LogP contribution in [0, 0.1) is 11.7 Å². The average Bonchev–Trinajstić information content (AvgIpc) is 3.12. The molecule has 0 spiro atoms. The Kier molecular flexibility index (Phi) is 6.34. The van der Waals surface area contributed by atoms with Gasteiger partial charge in [-0.15, -0.1) is 0 Å². The maximum Gasteiger partial charge on any atom is 0.209 e. The minimum Gasteiger partial charge on any atom is -0.294 e. The summed E-state index contributed by atoms with van der Waals surface area (Å²) in [5.41, 5.74) is 3.03. The first-order valence-corrected chi connectivity index (χ1v) is 12.3. The van der Waals surface area contributed by atoms with Crippen LogP contribution in [0.3, 0.4) is 0 Å². The van der Waals surface area contributed by atoms with E-state index in [4.69, 9.17) is 21.8 Å². The van der Waals surface area contributed by atoms with E-state index < -0.39 is 15.9 Å². The van der Waals surface area contributed by atoms with Crippen molar-refractivity contribution in [2.75, 3.05) is 5.75 Å². The summed E-state index contributed by atoms with van der Waals surface area (Å²) in [5.74, 6) is -1.28. The molecule has 3 aromatic carbocycles. The monoisotopic (exact) mass is 485 g/mol. The molecule has 1 aromatic heterocycles. The van der Waals surface area contributed by atoms with Crippen LogP contribution in [0.15, 0.2) is 66.7 Å². The third kappa shape index (κ3) is 5.13. The van der Waals surface area contributed by atoms with Gasteiger partial charge in [0.2, 0.25) is 10.0 Å². The van der Waals surface area contributed by atoms with Crippen LogP contribution in [0.2, 0.25) is 5.02 Å². The molecule has 0 bridgehead atoms. The Labute approximate surface area is 195 Å². The molecule has 0 saturated heterocycles. The number of aromatic nitrogens is 2. The highest BCUT2D eigenvalue weighted by atomic mass is 35.5. The van der Waals surface area contributed by atoms with Gasteiger partial charge in [-0.3, -0.25) is 4.79 Å². The third-order valence-electron chi connectivity index (χ3n) is 5.25. The van der Waals surface area contributed by atoms with E-state index >= 15 is 0 Å². The molecule has 0 amide bonds. The Morgan fingerprint density at radius 3 is 2.48 bits per heavy atom. The molecule has 0 unspecified atom stereocenters. The zero-order valence-electron chi connectivity index (χ0n) is 17.7. The quantitative estimate of drug-likeness (QED) is 0.373. The zero-order valence-corrected chi connectivity index (χ0v) is 19.3. The molecular formula is C24H21ClFN3O3S. The normalized spacial score (nSPS) is 12.7. The van der Waals surface area contributed by atoms with Crippen LogP contribution in [0.25, 0.3) is 27.8 Å². The number of hydrogen-bond donors (Lipinski definition) is 1. The summed E-state index contributed by atoms with van der Waals surface area (Å²) in [5, 5.41) is 11.1. The summed E-state index contributed by atoms with van der Waals surface area (Å²) in [6.45, 7) is 1.67. The standard InChI is InChI=1S/C24H21ClFN3O3S/c1-15(14-33(27,31)32)12-23(30)16-6-11-20-22(13-16)29(18-9-7-17(26)8-10-18)28-24(20)19-4-2-3-5-21(19)25/h2-11,13,15H,12,14H2,1H3,(H2,27,31,32)/t15-/m0/s1. The molecule has 9 heteroatoms. The van der Waals surface area contributed by atoms with Crippen molar-refractivity contribution in [3.63, 3.8) is 0 Å². The lowest BCUT2D eigenvalue weighted by atomic mass is 9.99. The van der Waals surface area contributed by atoms with Crippen LogP contribution in [0.1, 0.15) is 23.7 Å². The molecular weight excluding hydrogens is 465 g/mol. The number of nitrogens with zero attached hydrogens (tertiary/aromatic N) is 2. The number of nitrogens with two attached hydrogens (primary N) is 1. The smallest absolute Gasteiger partial charge is 0.209 e. The fraction of sp³-hybridized carbons (Fsp3) is 0.167. The van der Waals surface area contributed by atoms with E-state index in [1.807, 2.05) is 18.2 Å². The van der Waals surface area contributed by atoms with Gasteiger partial charge in [-0.1, -0.05) is 42.8 Å². The summed E-state index contributed by atoms with van der Waals surface area (Å²) in [6, 6.07) is 18.4. The van der Waals surface area contributed by atoms with Gasteiger partial charge in [-0.05, 0) is 48.4 Å². The molecule has 0 aliphatic rings. The molecule has 4 rings (SSSR count). The van der Waals surface area contributed by atoms with Crippen molar-refractivity contribution < 1.29 is 17.6 Å². The summed E-state index contributed by atoms with van der Waals surface area (Å²) < 4.78 is 37.8. The van der Waals surface area contributed by atoms with E-state index in [2.05, 4.69) is 0 Å². The van der Waals surface area contributed by atoms with Crippen molar-refractivity contribution >= 4 is 38.3 Å². The van der Waals surface area contributed by atoms with Gasteiger partial charge in [-0.2, -0.15) is 5.10 Å². The molecule has 0 saturated carbocycles. The number of hydrogen-bond acceptors (Lipinski definition) is 4. The minimum atomic E-state index is -3.67. The molecule has 170 valence electrons. The summed E-state index contributed by atoms with van der Waals surface area (Å²) in [4.78, 5) is 12.9. The van der Waals surface area contributed by atoms with E-state index in [0.717, 1.165) is 10.9 Å². The SMILES string of the molecule is C[C@@H](CC(=O)c1ccc2c(-c3ccccc3Cl)nn(-c3ccc(F)cc3)c2c1)CS(N)(=O)=O. The number of sulfonamides is 1. The molecule has 2 N–H and O–H groups in total. The largest absolute Gasteiger partial charge is 0.294 e. The molecule has 0 aliphatic carbocycles. The number of ketones is 1.